The molecule has 4 nitrogen and oxygen atoms in total. The van der Waals surface area contributed by atoms with E-state index in [0.29, 0.717) is 17.5 Å². The van der Waals surface area contributed by atoms with Gasteiger partial charge in [-0.3, -0.25) is 0 Å². The van der Waals surface area contributed by atoms with E-state index in [-0.39, 0.29) is 0 Å². The molecule has 0 amide bonds. The van der Waals surface area contributed by atoms with E-state index in [1.807, 2.05) is 36.4 Å². The van der Waals surface area contributed by atoms with Crippen LogP contribution >= 0.6 is 0 Å². The standard InChI is InChI=1S/C47H30N4/c1-3-13-31(14-4-1)45-48-46(32-15-5-2-6-16-32)50-47(49-45)38-27-28-39(35-21-9-7-19-33(35)38)51-40-24-12-18-30-26-25-29-17-11-23-36-34-20-8-10-22-37(34)44(51)43(41(29)36)42(30)40/h1-24,27-28H,25-26H2. The number of aromatic nitrogens is 4. The summed E-state index contributed by atoms with van der Waals surface area (Å²) in [6.45, 7) is 0. The third kappa shape index (κ3) is 4.17. The number of nitrogens with zero attached hydrogens (tertiary/aromatic N) is 4. The van der Waals surface area contributed by atoms with E-state index in [2.05, 4.69) is 126 Å². The molecule has 0 atom stereocenters. The van der Waals surface area contributed by atoms with Gasteiger partial charge >= 0.3 is 0 Å². The van der Waals surface area contributed by atoms with E-state index in [1.54, 1.807) is 0 Å². The average molecular weight is 651 g/mol. The lowest BCUT2D eigenvalue weighted by atomic mass is 9.94. The molecule has 0 radical (unpaired) electrons. The molecule has 1 aliphatic rings. The smallest absolute Gasteiger partial charge is 0.164 e. The highest BCUT2D eigenvalue weighted by molar-refractivity contribution is 6.33. The van der Waals surface area contributed by atoms with Crippen LogP contribution in [0.4, 0.5) is 0 Å². The molecular formula is C47H30N4. The van der Waals surface area contributed by atoms with E-state index in [4.69, 9.17) is 15.0 Å². The minimum absolute atomic E-state index is 0.658. The second kappa shape index (κ2) is 10.9. The fourth-order valence-electron chi connectivity index (χ4n) is 8.49. The predicted octanol–water partition coefficient (Wildman–Crippen LogP) is 11.5. The van der Waals surface area contributed by atoms with E-state index in [9.17, 15) is 0 Å². The van der Waals surface area contributed by atoms with E-state index in [1.165, 1.54) is 54.5 Å². The Bertz CT molecular complexity index is 2960. The van der Waals surface area contributed by atoms with Crippen molar-refractivity contribution < 1.29 is 0 Å². The van der Waals surface area contributed by atoms with Crippen molar-refractivity contribution in [3.05, 3.63) is 169 Å². The van der Waals surface area contributed by atoms with Crippen molar-refractivity contribution in [2.45, 2.75) is 12.8 Å². The molecule has 51 heavy (non-hydrogen) atoms. The highest BCUT2D eigenvalue weighted by Crippen LogP contribution is 2.47. The van der Waals surface area contributed by atoms with Gasteiger partial charge in [0.15, 0.2) is 17.5 Å². The topological polar surface area (TPSA) is 43.6 Å². The van der Waals surface area contributed by atoms with Crippen LogP contribution < -0.4 is 0 Å². The van der Waals surface area contributed by atoms with Gasteiger partial charge in [0.1, 0.15) is 0 Å². The molecule has 0 spiro atoms. The molecule has 0 bridgehead atoms. The molecule has 0 fully saturated rings. The largest absolute Gasteiger partial charge is 0.308 e. The molecule has 0 unspecified atom stereocenters. The molecule has 4 heteroatoms. The van der Waals surface area contributed by atoms with Gasteiger partial charge in [0.2, 0.25) is 0 Å². The van der Waals surface area contributed by atoms with Crippen LogP contribution in [0.1, 0.15) is 11.1 Å². The van der Waals surface area contributed by atoms with Gasteiger partial charge in [0.25, 0.3) is 0 Å². The summed E-state index contributed by atoms with van der Waals surface area (Å²) in [6, 6.07) is 56.2. The summed E-state index contributed by atoms with van der Waals surface area (Å²) < 4.78 is 2.53. The zero-order valence-electron chi connectivity index (χ0n) is 27.7. The second-order valence-corrected chi connectivity index (χ2v) is 13.5. The zero-order chi connectivity index (χ0) is 33.5. The van der Waals surface area contributed by atoms with E-state index < -0.39 is 0 Å². The molecule has 2 aromatic heterocycles. The molecule has 8 aromatic carbocycles. The van der Waals surface area contributed by atoms with Gasteiger partial charge in [-0.1, -0.05) is 140 Å². The van der Waals surface area contributed by atoms with Crippen molar-refractivity contribution in [3.8, 4) is 39.9 Å². The molecule has 10 aromatic rings. The Morgan fingerprint density at radius 3 is 1.63 bits per heavy atom. The number of fused-ring (bicyclic) bond motifs is 4. The summed E-state index contributed by atoms with van der Waals surface area (Å²) >= 11 is 0. The fourth-order valence-corrected chi connectivity index (χ4v) is 8.49. The first kappa shape index (κ1) is 28.2. The van der Waals surface area contributed by atoms with E-state index in [0.717, 1.165) is 46.0 Å². The number of aryl methyl sites for hydroxylation is 2. The number of benzene rings is 8. The Hall–Kier alpha value is -6.65. The van der Waals surface area contributed by atoms with Crippen LogP contribution in [0.2, 0.25) is 0 Å². The molecule has 238 valence electrons. The van der Waals surface area contributed by atoms with Crippen LogP contribution in [-0.2, 0) is 12.8 Å². The summed E-state index contributed by atoms with van der Waals surface area (Å²) in [5, 5.41) is 10.3. The maximum Gasteiger partial charge on any atom is 0.164 e. The van der Waals surface area contributed by atoms with Gasteiger partial charge < -0.3 is 4.57 Å². The first-order chi connectivity index (χ1) is 25.3. The van der Waals surface area contributed by atoms with Gasteiger partial charge in [-0.05, 0) is 63.7 Å². The Morgan fingerprint density at radius 2 is 0.922 bits per heavy atom. The maximum absolute atomic E-state index is 5.12. The van der Waals surface area contributed by atoms with Crippen LogP contribution in [0, 0.1) is 0 Å². The van der Waals surface area contributed by atoms with Crippen LogP contribution in [0.3, 0.4) is 0 Å². The second-order valence-electron chi connectivity index (χ2n) is 13.5. The maximum atomic E-state index is 5.12. The molecule has 0 N–H and O–H groups in total. The monoisotopic (exact) mass is 650 g/mol. The minimum Gasteiger partial charge on any atom is -0.308 e. The molecule has 11 rings (SSSR count). The highest BCUT2D eigenvalue weighted by Gasteiger charge is 2.25. The van der Waals surface area contributed by atoms with Crippen molar-refractivity contribution >= 4 is 54.1 Å². The Kier molecular flexibility index (Phi) is 6.05. The minimum atomic E-state index is 0.658. The summed E-state index contributed by atoms with van der Waals surface area (Å²) in [6.07, 6.45) is 2.06. The van der Waals surface area contributed by atoms with E-state index >= 15 is 0 Å². The lowest BCUT2D eigenvalue weighted by Crippen LogP contribution is -2.02. The highest BCUT2D eigenvalue weighted by atomic mass is 15.0. The summed E-state index contributed by atoms with van der Waals surface area (Å²) in [5.74, 6) is 1.97. The summed E-state index contributed by atoms with van der Waals surface area (Å²) in [4.78, 5) is 15.2. The fraction of sp³-hybridized carbons (Fsp3) is 0.0426. The number of hydrogen-bond acceptors (Lipinski definition) is 3. The zero-order valence-corrected chi connectivity index (χ0v) is 27.7. The predicted molar refractivity (Wildman–Crippen MR) is 210 cm³/mol. The Labute approximate surface area is 294 Å². The van der Waals surface area contributed by atoms with Crippen molar-refractivity contribution in [1.82, 2.24) is 19.5 Å². The van der Waals surface area contributed by atoms with Crippen molar-refractivity contribution in [3.63, 3.8) is 0 Å². The quantitative estimate of drug-likeness (QED) is 0.178. The van der Waals surface area contributed by atoms with Gasteiger partial charge in [-0.15, -0.1) is 0 Å². The van der Waals surface area contributed by atoms with Gasteiger partial charge in [0, 0.05) is 38.2 Å². The van der Waals surface area contributed by atoms with Crippen molar-refractivity contribution in [1.29, 1.82) is 0 Å². The molecule has 0 saturated heterocycles. The Balaban J connectivity index is 1.24. The molecule has 1 aliphatic carbocycles. The number of hydrogen-bond donors (Lipinski definition) is 0. The van der Waals surface area contributed by atoms with Gasteiger partial charge in [-0.25, -0.2) is 15.0 Å². The lowest BCUT2D eigenvalue weighted by molar-refractivity contribution is 0.982. The number of rotatable bonds is 4. The van der Waals surface area contributed by atoms with Crippen LogP contribution in [0.5, 0.6) is 0 Å². The molecule has 0 saturated carbocycles. The van der Waals surface area contributed by atoms with Crippen LogP contribution in [0.25, 0.3) is 94.0 Å². The SMILES string of the molecule is c1ccc(-c2nc(-c3ccccc3)nc(-c3ccc(-n4c5cccc6c5c5c7c(cccc7c7ccccc7c54)CC6)c4ccccc34)n2)cc1. The third-order valence-electron chi connectivity index (χ3n) is 10.7. The Morgan fingerprint density at radius 1 is 0.373 bits per heavy atom. The first-order valence-corrected chi connectivity index (χ1v) is 17.6. The van der Waals surface area contributed by atoms with Gasteiger partial charge in [-0.2, -0.15) is 0 Å². The average Bonchev–Trinajstić information content (AvgIpc) is 3.46. The lowest BCUT2D eigenvalue weighted by Gasteiger charge is -2.17. The normalized spacial score (nSPS) is 12.5. The van der Waals surface area contributed by atoms with Crippen molar-refractivity contribution in [2.75, 3.05) is 0 Å². The molecular weight excluding hydrogens is 621 g/mol. The third-order valence-corrected chi connectivity index (χ3v) is 10.7. The molecule has 2 heterocycles. The molecule has 0 aliphatic heterocycles. The summed E-state index contributed by atoms with van der Waals surface area (Å²) in [5.41, 5.74) is 9.40. The van der Waals surface area contributed by atoms with Crippen molar-refractivity contribution in [2.24, 2.45) is 0 Å². The van der Waals surface area contributed by atoms with Gasteiger partial charge in [0.05, 0.1) is 16.7 Å². The summed E-state index contributed by atoms with van der Waals surface area (Å²) in [7, 11) is 0. The van der Waals surface area contributed by atoms with Crippen LogP contribution in [-0.4, -0.2) is 19.5 Å². The first-order valence-electron chi connectivity index (χ1n) is 17.6. The van der Waals surface area contributed by atoms with Crippen LogP contribution in [0.15, 0.2) is 158 Å².